The molecular weight excluding hydrogens is 253 g/mol. The number of likely N-dealkylation sites (tertiary alicyclic amines) is 1. The summed E-state index contributed by atoms with van der Waals surface area (Å²) in [6, 6.07) is 7.10. The van der Waals surface area contributed by atoms with E-state index < -0.39 is 0 Å². The number of halogens is 1. The van der Waals surface area contributed by atoms with Crippen molar-refractivity contribution in [1.82, 2.24) is 10.2 Å². The smallest absolute Gasteiger partial charge is 0.129 e. The molecule has 1 fully saturated rings. The second-order valence-electron chi connectivity index (χ2n) is 5.41. The molecule has 108 valence electrons. The van der Waals surface area contributed by atoms with E-state index in [1.54, 1.807) is 12.1 Å². The average Bonchev–Trinajstić information content (AvgIpc) is 2.48. The topological polar surface area (TPSA) is 39.1 Å². The summed E-state index contributed by atoms with van der Waals surface area (Å²) in [6.07, 6.45) is 3.45. The third-order valence-corrected chi connectivity index (χ3v) is 3.89. The molecule has 0 atom stereocenters. The maximum absolute atomic E-state index is 13.8. The lowest BCUT2D eigenvalue weighted by Gasteiger charge is -2.32. The quantitative estimate of drug-likeness (QED) is 0.898. The van der Waals surface area contributed by atoms with Crippen molar-refractivity contribution in [1.29, 1.82) is 5.26 Å². The van der Waals surface area contributed by atoms with Crippen molar-refractivity contribution < 1.29 is 4.39 Å². The van der Waals surface area contributed by atoms with Crippen molar-refractivity contribution >= 4 is 0 Å². The van der Waals surface area contributed by atoms with Crippen LogP contribution in [0.25, 0.3) is 0 Å². The maximum Gasteiger partial charge on any atom is 0.129 e. The molecule has 0 unspecified atom stereocenters. The number of nitriles is 1. The Bertz CT molecular complexity index is 473. The molecule has 1 heterocycles. The number of piperidine rings is 1. The van der Waals surface area contributed by atoms with Crippen LogP contribution in [0, 0.1) is 17.1 Å². The van der Waals surface area contributed by atoms with Gasteiger partial charge in [-0.05, 0) is 51.0 Å². The highest BCUT2D eigenvalue weighted by Crippen LogP contribution is 2.13. The van der Waals surface area contributed by atoms with Crippen molar-refractivity contribution in [3.63, 3.8) is 0 Å². The van der Waals surface area contributed by atoms with Gasteiger partial charge in [0.2, 0.25) is 0 Å². The molecule has 1 N–H and O–H groups in total. The van der Waals surface area contributed by atoms with Crippen LogP contribution in [0.5, 0.6) is 0 Å². The predicted molar refractivity (Wildman–Crippen MR) is 77.7 cm³/mol. The van der Waals surface area contributed by atoms with Crippen LogP contribution in [0.3, 0.4) is 0 Å². The normalized spacial score (nSPS) is 17.1. The minimum atomic E-state index is -0.292. The monoisotopic (exact) mass is 275 g/mol. The molecule has 0 saturated carbocycles. The van der Waals surface area contributed by atoms with Crippen LogP contribution in [0.2, 0.25) is 0 Å². The lowest BCUT2D eigenvalue weighted by molar-refractivity contribution is 0.197. The molecule has 1 aliphatic heterocycles. The Hall–Kier alpha value is -1.44. The molecule has 3 nitrogen and oxygen atoms in total. The molecule has 0 aromatic heterocycles. The SMILES string of the molecule is CCCN1CCC(NCc2ccc(C#N)cc2F)CC1. The van der Waals surface area contributed by atoms with Gasteiger partial charge in [-0.2, -0.15) is 5.26 Å². The Kier molecular flexibility index (Phi) is 5.51. The van der Waals surface area contributed by atoms with Gasteiger partial charge < -0.3 is 10.2 Å². The molecule has 1 aromatic carbocycles. The minimum absolute atomic E-state index is 0.292. The molecule has 0 spiro atoms. The number of hydrogen-bond acceptors (Lipinski definition) is 3. The molecule has 4 heteroatoms. The number of benzene rings is 1. The summed E-state index contributed by atoms with van der Waals surface area (Å²) >= 11 is 0. The van der Waals surface area contributed by atoms with E-state index in [2.05, 4.69) is 17.1 Å². The Labute approximate surface area is 120 Å². The molecule has 1 saturated heterocycles. The first-order valence-corrected chi connectivity index (χ1v) is 7.37. The van der Waals surface area contributed by atoms with E-state index in [0.717, 1.165) is 25.9 Å². The summed E-state index contributed by atoms with van der Waals surface area (Å²) in [5.41, 5.74) is 1.01. The van der Waals surface area contributed by atoms with Crippen LogP contribution in [0.1, 0.15) is 37.3 Å². The zero-order chi connectivity index (χ0) is 14.4. The first-order valence-electron chi connectivity index (χ1n) is 7.37. The fourth-order valence-electron chi connectivity index (χ4n) is 2.69. The Morgan fingerprint density at radius 1 is 1.40 bits per heavy atom. The summed E-state index contributed by atoms with van der Waals surface area (Å²) in [4.78, 5) is 2.49. The van der Waals surface area contributed by atoms with Crippen molar-refractivity contribution in [2.45, 2.75) is 38.8 Å². The molecule has 2 rings (SSSR count). The van der Waals surface area contributed by atoms with Gasteiger partial charge in [0.05, 0.1) is 11.6 Å². The molecule has 1 aliphatic rings. The molecular formula is C16H22FN3. The molecule has 0 bridgehead atoms. The van der Waals surface area contributed by atoms with Gasteiger partial charge >= 0.3 is 0 Å². The Morgan fingerprint density at radius 2 is 2.15 bits per heavy atom. The first kappa shape index (κ1) is 15.0. The fraction of sp³-hybridized carbons (Fsp3) is 0.562. The van der Waals surface area contributed by atoms with Gasteiger partial charge in [-0.3, -0.25) is 0 Å². The summed E-state index contributed by atoms with van der Waals surface area (Å²) in [6.45, 7) is 6.17. The lowest BCUT2D eigenvalue weighted by atomic mass is 10.0. The number of hydrogen-bond donors (Lipinski definition) is 1. The van der Waals surface area contributed by atoms with E-state index in [4.69, 9.17) is 5.26 Å². The predicted octanol–water partition coefficient (Wildman–Crippen LogP) is 2.66. The molecule has 0 radical (unpaired) electrons. The van der Waals surface area contributed by atoms with Gasteiger partial charge in [0, 0.05) is 18.2 Å². The van der Waals surface area contributed by atoms with Crippen molar-refractivity contribution in [2.24, 2.45) is 0 Å². The fourth-order valence-corrected chi connectivity index (χ4v) is 2.69. The highest BCUT2D eigenvalue weighted by Gasteiger charge is 2.18. The van der Waals surface area contributed by atoms with Gasteiger partial charge in [-0.25, -0.2) is 4.39 Å². The summed E-state index contributed by atoms with van der Waals surface area (Å²) < 4.78 is 13.8. The van der Waals surface area contributed by atoms with Crippen molar-refractivity contribution in [2.75, 3.05) is 19.6 Å². The molecule has 20 heavy (non-hydrogen) atoms. The third-order valence-electron chi connectivity index (χ3n) is 3.89. The van der Waals surface area contributed by atoms with Gasteiger partial charge in [0.25, 0.3) is 0 Å². The molecule has 0 amide bonds. The zero-order valence-electron chi connectivity index (χ0n) is 12.0. The number of nitrogens with one attached hydrogen (secondary N) is 1. The van der Waals surface area contributed by atoms with E-state index in [1.807, 2.05) is 6.07 Å². The van der Waals surface area contributed by atoms with Crippen LogP contribution in [0.15, 0.2) is 18.2 Å². The van der Waals surface area contributed by atoms with E-state index in [1.165, 1.54) is 19.0 Å². The van der Waals surface area contributed by atoms with Crippen LogP contribution in [0.4, 0.5) is 4.39 Å². The van der Waals surface area contributed by atoms with Gasteiger partial charge in [-0.1, -0.05) is 13.0 Å². The van der Waals surface area contributed by atoms with Crippen LogP contribution in [-0.2, 0) is 6.54 Å². The lowest BCUT2D eigenvalue weighted by Crippen LogP contribution is -2.42. The largest absolute Gasteiger partial charge is 0.310 e. The van der Waals surface area contributed by atoms with Crippen LogP contribution in [-0.4, -0.2) is 30.6 Å². The van der Waals surface area contributed by atoms with Crippen LogP contribution >= 0.6 is 0 Å². The van der Waals surface area contributed by atoms with Crippen molar-refractivity contribution in [3.8, 4) is 6.07 Å². The van der Waals surface area contributed by atoms with E-state index in [9.17, 15) is 4.39 Å². The first-order chi connectivity index (χ1) is 9.72. The standard InChI is InChI=1S/C16H22FN3/c1-2-7-20-8-5-15(6-9-20)19-12-14-4-3-13(11-18)10-16(14)17/h3-4,10,15,19H,2,5-9,12H2,1H3. The highest BCUT2D eigenvalue weighted by molar-refractivity contribution is 5.32. The maximum atomic E-state index is 13.8. The second-order valence-corrected chi connectivity index (χ2v) is 5.41. The minimum Gasteiger partial charge on any atom is -0.310 e. The Balaban J connectivity index is 1.80. The van der Waals surface area contributed by atoms with Gasteiger partial charge in [0.15, 0.2) is 0 Å². The highest BCUT2D eigenvalue weighted by atomic mass is 19.1. The summed E-state index contributed by atoms with van der Waals surface area (Å²) in [5.74, 6) is -0.292. The molecule has 1 aromatic rings. The third kappa shape index (κ3) is 4.03. The van der Waals surface area contributed by atoms with Gasteiger partial charge in [-0.15, -0.1) is 0 Å². The van der Waals surface area contributed by atoms with Crippen molar-refractivity contribution in [3.05, 3.63) is 35.1 Å². The number of rotatable bonds is 5. The van der Waals surface area contributed by atoms with E-state index in [0.29, 0.717) is 23.7 Å². The van der Waals surface area contributed by atoms with E-state index in [-0.39, 0.29) is 5.82 Å². The van der Waals surface area contributed by atoms with Crippen LogP contribution < -0.4 is 5.32 Å². The summed E-state index contributed by atoms with van der Waals surface area (Å²) in [7, 11) is 0. The van der Waals surface area contributed by atoms with Gasteiger partial charge in [0.1, 0.15) is 5.82 Å². The molecule has 0 aliphatic carbocycles. The summed E-state index contributed by atoms with van der Waals surface area (Å²) in [5, 5.41) is 12.1. The van der Waals surface area contributed by atoms with E-state index >= 15 is 0 Å². The average molecular weight is 275 g/mol. The second kappa shape index (κ2) is 7.37. The Morgan fingerprint density at radius 3 is 2.75 bits per heavy atom. The number of nitrogens with zero attached hydrogens (tertiary/aromatic N) is 2. The zero-order valence-corrected chi connectivity index (χ0v) is 12.0.